The van der Waals surface area contributed by atoms with Gasteiger partial charge < -0.3 is 4.90 Å². The summed E-state index contributed by atoms with van der Waals surface area (Å²) in [6.45, 7) is 0.0363. The first-order valence-electron chi connectivity index (χ1n) is 7.89. The van der Waals surface area contributed by atoms with Crippen LogP contribution in [-0.4, -0.2) is 50.1 Å². The maximum absolute atomic E-state index is 12.0. The Hall–Kier alpha value is -2.35. The molecule has 4 rings (SSSR count). The SMILES string of the molecule is O=C(CN1CSCC1=O)Nc1n[nH]c(-c2ccc3c(c2)CCC3)n1. The number of fused-ring (bicyclic) bond motifs is 1. The molecule has 24 heavy (non-hydrogen) atoms. The van der Waals surface area contributed by atoms with Gasteiger partial charge in [-0.05, 0) is 36.5 Å². The fraction of sp³-hybridized carbons (Fsp3) is 0.375. The first-order chi connectivity index (χ1) is 11.7. The van der Waals surface area contributed by atoms with Gasteiger partial charge in [-0.3, -0.25) is 20.0 Å². The third-order valence-electron chi connectivity index (χ3n) is 4.27. The third-order valence-corrected chi connectivity index (χ3v) is 5.21. The number of anilines is 1. The number of H-pyrrole nitrogens is 1. The number of aromatic nitrogens is 3. The molecule has 2 aliphatic rings. The van der Waals surface area contributed by atoms with E-state index >= 15 is 0 Å². The molecule has 1 saturated heterocycles. The maximum Gasteiger partial charge on any atom is 0.249 e. The van der Waals surface area contributed by atoms with E-state index in [2.05, 4.69) is 32.6 Å². The van der Waals surface area contributed by atoms with Crippen molar-refractivity contribution in [3.05, 3.63) is 29.3 Å². The van der Waals surface area contributed by atoms with Crippen LogP contribution in [0.1, 0.15) is 17.5 Å². The second-order valence-electron chi connectivity index (χ2n) is 5.96. The van der Waals surface area contributed by atoms with Crippen LogP contribution in [-0.2, 0) is 22.4 Å². The number of aryl methyl sites for hydroxylation is 2. The Bertz CT molecular complexity index is 804. The Kier molecular flexibility index (Phi) is 3.97. The highest BCUT2D eigenvalue weighted by molar-refractivity contribution is 8.00. The van der Waals surface area contributed by atoms with E-state index in [9.17, 15) is 9.59 Å². The van der Waals surface area contributed by atoms with Gasteiger partial charge in [0.1, 0.15) is 6.54 Å². The molecule has 1 aliphatic carbocycles. The normalized spacial score (nSPS) is 16.5. The highest BCUT2D eigenvalue weighted by atomic mass is 32.2. The van der Waals surface area contributed by atoms with Crippen LogP contribution in [0.3, 0.4) is 0 Å². The number of carbonyl (C=O) groups excluding carboxylic acids is 2. The molecule has 0 spiro atoms. The second-order valence-corrected chi connectivity index (χ2v) is 6.92. The van der Waals surface area contributed by atoms with Gasteiger partial charge in [-0.2, -0.15) is 4.98 Å². The molecule has 2 amide bonds. The lowest BCUT2D eigenvalue weighted by molar-refractivity contribution is -0.130. The molecule has 1 aromatic heterocycles. The van der Waals surface area contributed by atoms with Crippen LogP contribution in [0, 0.1) is 0 Å². The Morgan fingerprint density at radius 1 is 1.33 bits per heavy atom. The molecular weight excluding hydrogens is 326 g/mol. The Labute approximate surface area is 143 Å². The van der Waals surface area contributed by atoms with Gasteiger partial charge in [0.25, 0.3) is 0 Å². The summed E-state index contributed by atoms with van der Waals surface area (Å²) in [4.78, 5) is 29.4. The van der Waals surface area contributed by atoms with Crippen molar-refractivity contribution in [1.82, 2.24) is 20.1 Å². The van der Waals surface area contributed by atoms with Crippen LogP contribution >= 0.6 is 11.8 Å². The number of nitrogens with zero attached hydrogens (tertiary/aromatic N) is 3. The minimum Gasteiger partial charge on any atom is -0.323 e. The molecule has 2 N–H and O–H groups in total. The van der Waals surface area contributed by atoms with Crippen LogP contribution < -0.4 is 5.32 Å². The zero-order valence-electron chi connectivity index (χ0n) is 13.0. The monoisotopic (exact) mass is 343 g/mol. The van der Waals surface area contributed by atoms with E-state index in [0.717, 1.165) is 18.4 Å². The van der Waals surface area contributed by atoms with Gasteiger partial charge in [0.15, 0.2) is 5.82 Å². The summed E-state index contributed by atoms with van der Waals surface area (Å²) < 4.78 is 0. The average Bonchev–Trinajstić information content (AvgIpc) is 3.28. The molecule has 1 aliphatic heterocycles. The van der Waals surface area contributed by atoms with Crippen molar-refractivity contribution in [2.24, 2.45) is 0 Å². The van der Waals surface area contributed by atoms with Crippen LogP contribution in [0.5, 0.6) is 0 Å². The number of rotatable bonds is 4. The van der Waals surface area contributed by atoms with Gasteiger partial charge in [-0.1, -0.05) is 12.1 Å². The number of hydrogen-bond donors (Lipinski definition) is 2. The number of hydrogen-bond acceptors (Lipinski definition) is 5. The molecule has 1 fully saturated rings. The second kappa shape index (κ2) is 6.27. The average molecular weight is 343 g/mol. The summed E-state index contributed by atoms with van der Waals surface area (Å²) in [5.41, 5.74) is 3.73. The molecule has 124 valence electrons. The highest BCUT2D eigenvalue weighted by Crippen LogP contribution is 2.26. The van der Waals surface area contributed by atoms with E-state index < -0.39 is 0 Å². The minimum absolute atomic E-state index is 0.0102. The smallest absolute Gasteiger partial charge is 0.249 e. The van der Waals surface area contributed by atoms with Crippen molar-refractivity contribution >= 4 is 29.5 Å². The molecule has 0 saturated carbocycles. The van der Waals surface area contributed by atoms with Crippen molar-refractivity contribution in [3.63, 3.8) is 0 Å². The predicted octanol–water partition coefficient (Wildman–Crippen LogP) is 1.43. The molecule has 2 aromatic rings. The van der Waals surface area contributed by atoms with Crippen molar-refractivity contribution in [2.45, 2.75) is 19.3 Å². The number of benzene rings is 1. The predicted molar refractivity (Wildman–Crippen MR) is 91.5 cm³/mol. The zero-order chi connectivity index (χ0) is 16.5. The summed E-state index contributed by atoms with van der Waals surface area (Å²) in [7, 11) is 0. The van der Waals surface area contributed by atoms with Gasteiger partial charge in [0.05, 0.1) is 11.6 Å². The van der Waals surface area contributed by atoms with E-state index in [0.29, 0.717) is 17.5 Å². The molecular formula is C16H17N5O2S. The summed E-state index contributed by atoms with van der Waals surface area (Å²) in [6, 6.07) is 6.29. The molecule has 2 heterocycles. The highest BCUT2D eigenvalue weighted by Gasteiger charge is 2.23. The van der Waals surface area contributed by atoms with Gasteiger partial charge >= 0.3 is 0 Å². The standard InChI is InChI=1S/C16H17N5O2S/c22-13(7-21-9-24-8-14(21)23)17-16-18-15(19-20-16)12-5-4-10-2-1-3-11(10)6-12/h4-6H,1-3,7-9H2,(H2,17,18,19,20,22). The zero-order valence-corrected chi connectivity index (χ0v) is 13.9. The molecule has 0 atom stereocenters. The van der Waals surface area contributed by atoms with E-state index in [1.165, 1.54) is 34.2 Å². The first kappa shape index (κ1) is 15.2. The Balaban J connectivity index is 1.43. The summed E-state index contributed by atoms with van der Waals surface area (Å²) >= 11 is 1.51. The summed E-state index contributed by atoms with van der Waals surface area (Å²) in [5, 5.41) is 9.54. The van der Waals surface area contributed by atoms with Gasteiger partial charge in [0.2, 0.25) is 17.8 Å². The van der Waals surface area contributed by atoms with E-state index in [4.69, 9.17) is 0 Å². The van der Waals surface area contributed by atoms with Gasteiger partial charge in [-0.25, -0.2) is 0 Å². The quantitative estimate of drug-likeness (QED) is 0.876. The van der Waals surface area contributed by atoms with Crippen molar-refractivity contribution < 1.29 is 9.59 Å². The largest absolute Gasteiger partial charge is 0.323 e. The van der Waals surface area contributed by atoms with Gasteiger partial charge in [0, 0.05) is 5.56 Å². The topological polar surface area (TPSA) is 91.0 Å². The molecule has 0 radical (unpaired) electrons. The number of carbonyl (C=O) groups is 2. The number of thioether (sulfide) groups is 1. The maximum atomic E-state index is 12.0. The first-order valence-corrected chi connectivity index (χ1v) is 9.04. The van der Waals surface area contributed by atoms with E-state index in [1.54, 1.807) is 0 Å². The van der Waals surface area contributed by atoms with Crippen molar-refractivity contribution in [3.8, 4) is 11.4 Å². The molecule has 0 unspecified atom stereocenters. The lowest BCUT2D eigenvalue weighted by Crippen LogP contribution is -2.34. The summed E-state index contributed by atoms with van der Waals surface area (Å²) in [6.07, 6.45) is 3.44. The van der Waals surface area contributed by atoms with Crippen LogP contribution in [0.2, 0.25) is 0 Å². The number of amides is 2. The molecule has 0 bridgehead atoms. The van der Waals surface area contributed by atoms with Gasteiger partial charge in [-0.15, -0.1) is 16.9 Å². The number of nitrogens with one attached hydrogen (secondary N) is 2. The molecule has 8 heteroatoms. The lowest BCUT2D eigenvalue weighted by Gasteiger charge is -2.12. The Morgan fingerprint density at radius 3 is 3.04 bits per heavy atom. The van der Waals surface area contributed by atoms with Crippen LogP contribution in [0.25, 0.3) is 11.4 Å². The van der Waals surface area contributed by atoms with Crippen molar-refractivity contribution in [2.75, 3.05) is 23.5 Å². The van der Waals surface area contributed by atoms with E-state index in [1.807, 2.05) is 6.07 Å². The minimum atomic E-state index is -0.287. The lowest BCUT2D eigenvalue weighted by atomic mass is 10.1. The fourth-order valence-electron chi connectivity index (χ4n) is 3.04. The molecule has 1 aromatic carbocycles. The van der Waals surface area contributed by atoms with Crippen LogP contribution in [0.15, 0.2) is 18.2 Å². The van der Waals surface area contributed by atoms with E-state index in [-0.39, 0.29) is 24.3 Å². The number of aromatic amines is 1. The van der Waals surface area contributed by atoms with Crippen LogP contribution in [0.4, 0.5) is 5.95 Å². The van der Waals surface area contributed by atoms with Crippen molar-refractivity contribution in [1.29, 1.82) is 0 Å². The fourth-order valence-corrected chi connectivity index (χ4v) is 3.95. The molecule has 7 nitrogen and oxygen atoms in total. The summed E-state index contributed by atoms with van der Waals surface area (Å²) in [5.74, 6) is 1.56. The Morgan fingerprint density at radius 2 is 2.21 bits per heavy atom. The third kappa shape index (κ3) is 3.01.